The molecule has 1 aromatic carbocycles. The zero-order chi connectivity index (χ0) is 13.4. The van der Waals surface area contributed by atoms with Crippen LogP contribution in [0.5, 0.6) is 0 Å². The lowest BCUT2D eigenvalue weighted by atomic mass is 10.1. The lowest BCUT2D eigenvalue weighted by molar-refractivity contribution is 0.181. The van der Waals surface area contributed by atoms with Crippen molar-refractivity contribution in [1.82, 2.24) is 4.90 Å². The van der Waals surface area contributed by atoms with Gasteiger partial charge in [-0.3, -0.25) is 4.90 Å². The quantitative estimate of drug-likeness (QED) is 0.920. The Morgan fingerprint density at radius 2 is 1.79 bits per heavy atom. The van der Waals surface area contributed by atoms with Gasteiger partial charge >= 0.3 is 0 Å². The minimum atomic E-state index is 0.125. The van der Waals surface area contributed by atoms with E-state index in [9.17, 15) is 0 Å². The molecular formula is C15H17BrN2S. The molecule has 3 rings (SSSR count). The molecule has 0 radical (unpaired) electrons. The fourth-order valence-electron chi connectivity index (χ4n) is 2.82. The molecule has 2 unspecified atom stereocenters. The first-order valence-electron chi connectivity index (χ1n) is 6.47. The van der Waals surface area contributed by atoms with Gasteiger partial charge in [0.25, 0.3) is 0 Å². The third-order valence-electron chi connectivity index (χ3n) is 3.64. The van der Waals surface area contributed by atoms with Gasteiger partial charge in [0.2, 0.25) is 0 Å². The van der Waals surface area contributed by atoms with Gasteiger partial charge in [-0.1, -0.05) is 24.3 Å². The molecule has 1 aliphatic heterocycles. The lowest BCUT2D eigenvalue weighted by Gasteiger charge is -2.29. The van der Waals surface area contributed by atoms with Crippen LogP contribution >= 0.6 is 27.3 Å². The van der Waals surface area contributed by atoms with Gasteiger partial charge in [0, 0.05) is 24.0 Å². The number of fused-ring (bicyclic) bond motifs is 1. The molecule has 0 bridgehead atoms. The van der Waals surface area contributed by atoms with Crippen molar-refractivity contribution in [2.75, 3.05) is 0 Å². The number of nitrogens with zero attached hydrogens (tertiary/aromatic N) is 1. The maximum absolute atomic E-state index is 6.24. The van der Waals surface area contributed by atoms with E-state index in [0.29, 0.717) is 6.04 Å². The molecule has 0 fully saturated rings. The largest absolute Gasteiger partial charge is 0.326 e. The fourth-order valence-corrected chi connectivity index (χ4v) is 4.49. The molecule has 2 aromatic rings. The molecule has 2 atom stereocenters. The van der Waals surface area contributed by atoms with E-state index in [-0.39, 0.29) is 6.04 Å². The van der Waals surface area contributed by atoms with E-state index in [0.717, 1.165) is 13.1 Å². The topological polar surface area (TPSA) is 29.3 Å². The maximum Gasteiger partial charge on any atom is 0.0702 e. The summed E-state index contributed by atoms with van der Waals surface area (Å²) in [5.41, 5.74) is 9.11. The average Bonchev–Trinajstić information content (AvgIpc) is 2.95. The Balaban J connectivity index is 1.88. The highest BCUT2D eigenvalue weighted by molar-refractivity contribution is 9.11. The first-order chi connectivity index (χ1) is 9.15. The standard InChI is InChI=1S/C15H17BrN2S/c1-10(17)15(13-6-7-14(16)19-13)18-8-11-4-2-3-5-12(11)9-18/h2-7,10,15H,8-9,17H2,1H3. The Morgan fingerprint density at radius 3 is 2.26 bits per heavy atom. The highest BCUT2D eigenvalue weighted by Crippen LogP contribution is 2.37. The lowest BCUT2D eigenvalue weighted by Crippen LogP contribution is -2.36. The second-order valence-corrected chi connectivity index (χ2v) is 7.61. The third-order valence-corrected chi connectivity index (χ3v) is 5.34. The summed E-state index contributed by atoms with van der Waals surface area (Å²) >= 11 is 5.33. The molecule has 0 saturated heterocycles. The first-order valence-corrected chi connectivity index (χ1v) is 8.08. The van der Waals surface area contributed by atoms with Gasteiger partial charge in [0.15, 0.2) is 0 Å². The number of benzene rings is 1. The van der Waals surface area contributed by atoms with E-state index in [1.807, 2.05) is 0 Å². The van der Waals surface area contributed by atoms with E-state index >= 15 is 0 Å². The van der Waals surface area contributed by atoms with Crippen LogP contribution in [0.15, 0.2) is 40.2 Å². The van der Waals surface area contributed by atoms with E-state index in [2.05, 4.69) is 64.2 Å². The molecule has 1 aliphatic rings. The van der Waals surface area contributed by atoms with E-state index in [1.54, 1.807) is 11.3 Å². The van der Waals surface area contributed by atoms with Crippen LogP contribution in [0, 0.1) is 0 Å². The van der Waals surface area contributed by atoms with E-state index in [4.69, 9.17) is 5.73 Å². The third kappa shape index (κ3) is 2.63. The van der Waals surface area contributed by atoms with Crippen molar-refractivity contribution in [3.05, 3.63) is 56.2 Å². The van der Waals surface area contributed by atoms with Gasteiger partial charge in [-0.05, 0) is 46.1 Å². The van der Waals surface area contributed by atoms with Crippen LogP contribution in [0.2, 0.25) is 0 Å². The van der Waals surface area contributed by atoms with Crippen molar-refractivity contribution in [3.8, 4) is 0 Å². The Hall–Kier alpha value is -0.680. The van der Waals surface area contributed by atoms with Gasteiger partial charge in [-0.25, -0.2) is 0 Å². The molecular weight excluding hydrogens is 320 g/mol. The van der Waals surface area contributed by atoms with Crippen LogP contribution in [0.1, 0.15) is 29.0 Å². The molecule has 0 spiro atoms. The summed E-state index contributed by atoms with van der Waals surface area (Å²) in [7, 11) is 0. The Bertz CT molecular complexity index is 554. The van der Waals surface area contributed by atoms with Gasteiger partial charge in [-0.2, -0.15) is 0 Å². The van der Waals surface area contributed by atoms with Crippen molar-refractivity contribution >= 4 is 27.3 Å². The number of thiophene rings is 1. The maximum atomic E-state index is 6.24. The zero-order valence-electron chi connectivity index (χ0n) is 10.8. The van der Waals surface area contributed by atoms with Crippen molar-refractivity contribution in [2.45, 2.75) is 32.1 Å². The predicted octanol–water partition coefficient (Wildman–Crippen LogP) is 3.91. The van der Waals surface area contributed by atoms with E-state index < -0.39 is 0 Å². The highest BCUT2D eigenvalue weighted by Gasteiger charge is 2.30. The second kappa shape index (κ2) is 5.37. The number of hydrogen-bond acceptors (Lipinski definition) is 3. The average molecular weight is 337 g/mol. The summed E-state index contributed by atoms with van der Waals surface area (Å²) in [4.78, 5) is 3.82. The minimum absolute atomic E-state index is 0.125. The molecule has 2 N–H and O–H groups in total. The molecule has 0 aliphatic carbocycles. The SMILES string of the molecule is CC(N)C(c1ccc(Br)s1)N1Cc2ccccc2C1. The Kier molecular flexibility index (Phi) is 3.76. The van der Waals surface area contributed by atoms with Crippen LogP contribution in [-0.2, 0) is 13.1 Å². The van der Waals surface area contributed by atoms with Crippen molar-refractivity contribution in [1.29, 1.82) is 0 Å². The predicted molar refractivity (Wildman–Crippen MR) is 84.1 cm³/mol. The molecule has 19 heavy (non-hydrogen) atoms. The van der Waals surface area contributed by atoms with Gasteiger partial charge < -0.3 is 5.73 Å². The zero-order valence-corrected chi connectivity index (χ0v) is 13.2. The van der Waals surface area contributed by atoms with Crippen LogP contribution in [0.25, 0.3) is 0 Å². The molecule has 0 amide bonds. The van der Waals surface area contributed by atoms with Crippen LogP contribution in [0.4, 0.5) is 0 Å². The molecule has 2 heterocycles. The summed E-state index contributed by atoms with van der Waals surface area (Å²) in [6.45, 7) is 4.09. The smallest absolute Gasteiger partial charge is 0.0702 e. The van der Waals surface area contributed by atoms with Crippen LogP contribution in [-0.4, -0.2) is 10.9 Å². The molecule has 100 valence electrons. The molecule has 4 heteroatoms. The van der Waals surface area contributed by atoms with Gasteiger partial charge in [-0.15, -0.1) is 11.3 Å². The Labute approximate surface area is 126 Å². The fraction of sp³-hybridized carbons (Fsp3) is 0.333. The number of hydrogen-bond donors (Lipinski definition) is 1. The van der Waals surface area contributed by atoms with Crippen LogP contribution in [0.3, 0.4) is 0 Å². The van der Waals surface area contributed by atoms with Crippen molar-refractivity contribution < 1.29 is 0 Å². The number of nitrogens with two attached hydrogens (primary N) is 1. The summed E-state index contributed by atoms with van der Waals surface area (Å²) < 4.78 is 1.17. The van der Waals surface area contributed by atoms with Crippen molar-refractivity contribution in [3.63, 3.8) is 0 Å². The molecule has 0 saturated carbocycles. The van der Waals surface area contributed by atoms with Gasteiger partial charge in [0.1, 0.15) is 0 Å². The summed E-state index contributed by atoms with van der Waals surface area (Å²) in [6, 6.07) is 13.4. The molecule has 1 aromatic heterocycles. The summed E-state index contributed by atoms with van der Waals surface area (Å²) in [5.74, 6) is 0. The normalized spacial score (nSPS) is 18.3. The first kappa shape index (κ1) is 13.3. The monoisotopic (exact) mass is 336 g/mol. The second-order valence-electron chi connectivity index (χ2n) is 5.12. The number of halogens is 1. The van der Waals surface area contributed by atoms with Crippen molar-refractivity contribution in [2.24, 2.45) is 5.73 Å². The number of rotatable bonds is 3. The van der Waals surface area contributed by atoms with Crippen LogP contribution < -0.4 is 5.73 Å². The summed E-state index contributed by atoms with van der Waals surface area (Å²) in [6.07, 6.45) is 0. The Morgan fingerprint density at radius 1 is 1.16 bits per heavy atom. The summed E-state index contributed by atoms with van der Waals surface area (Å²) in [5, 5.41) is 0. The van der Waals surface area contributed by atoms with E-state index in [1.165, 1.54) is 19.8 Å². The molecule has 2 nitrogen and oxygen atoms in total. The highest BCUT2D eigenvalue weighted by atomic mass is 79.9. The minimum Gasteiger partial charge on any atom is -0.326 e. The van der Waals surface area contributed by atoms with Gasteiger partial charge in [0.05, 0.1) is 9.83 Å².